The van der Waals surface area contributed by atoms with Crippen molar-refractivity contribution in [2.75, 3.05) is 6.61 Å². The number of nitrogens with zero attached hydrogens (tertiary/aromatic N) is 2. The van der Waals surface area contributed by atoms with Gasteiger partial charge in [0, 0.05) is 25.5 Å². The Morgan fingerprint density at radius 3 is 3.13 bits per heavy atom. The molecular formula is C11H18N2O2. The van der Waals surface area contributed by atoms with Crippen molar-refractivity contribution in [3.8, 4) is 0 Å². The van der Waals surface area contributed by atoms with Crippen LogP contribution in [0, 0.1) is 5.92 Å². The van der Waals surface area contributed by atoms with Crippen molar-refractivity contribution >= 4 is 0 Å². The van der Waals surface area contributed by atoms with Gasteiger partial charge in [-0.1, -0.05) is 6.92 Å². The first-order chi connectivity index (χ1) is 7.24. The maximum Gasteiger partial charge on any atom is 0.140 e. The summed E-state index contributed by atoms with van der Waals surface area (Å²) in [5.74, 6) is 1.12. The van der Waals surface area contributed by atoms with Crippen LogP contribution in [0.2, 0.25) is 0 Å². The van der Waals surface area contributed by atoms with Gasteiger partial charge in [0.1, 0.15) is 11.9 Å². The lowest BCUT2D eigenvalue weighted by Crippen LogP contribution is -2.25. The summed E-state index contributed by atoms with van der Waals surface area (Å²) in [6, 6.07) is 0. The SMILES string of the molecule is CCn1ccnc1C(O)C1OCCC1C. The van der Waals surface area contributed by atoms with E-state index in [1.54, 1.807) is 6.20 Å². The molecule has 0 aromatic carbocycles. The Kier molecular flexibility index (Phi) is 3.07. The maximum absolute atomic E-state index is 10.2. The fourth-order valence-electron chi connectivity index (χ4n) is 2.12. The molecule has 0 aliphatic carbocycles. The summed E-state index contributed by atoms with van der Waals surface area (Å²) in [7, 11) is 0. The van der Waals surface area contributed by atoms with Crippen molar-refractivity contribution in [3.05, 3.63) is 18.2 Å². The van der Waals surface area contributed by atoms with Crippen molar-refractivity contribution < 1.29 is 9.84 Å². The standard InChI is InChI=1S/C11H18N2O2/c1-3-13-6-5-12-11(13)9(14)10-8(2)4-7-15-10/h5-6,8-10,14H,3-4,7H2,1-2H3. The van der Waals surface area contributed by atoms with Gasteiger partial charge in [-0.15, -0.1) is 0 Å². The molecule has 0 saturated carbocycles. The highest BCUT2D eigenvalue weighted by molar-refractivity contribution is 5.00. The number of rotatable bonds is 3. The van der Waals surface area contributed by atoms with Crippen LogP contribution in [0.1, 0.15) is 32.2 Å². The molecular weight excluding hydrogens is 192 g/mol. The van der Waals surface area contributed by atoms with Gasteiger partial charge in [-0.05, 0) is 19.3 Å². The second-order valence-corrected chi connectivity index (χ2v) is 4.12. The topological polar surface area (TPSA) is 47.3 Å². The van der Waals surface area contributed by atoms with Crippen molar-refractivity contribution in [2.45, 2.75) is 39.0 Å². The first-order valence-corrected chi connectivity index (χ1v) is 5.54. The van der Waals surface area contributed by atoms with Crippen LogP contribution in [0.4, 0.5) is 0 Å². The number of aliphatic hydroxyl groups is 1. The summed E-state index contributed by atoms with van der Waals surface area (Å²) >= 11 is 0. The fraction of sp³-hybridized carbons (Fsp3) is 0.727. The molecule has 15 heavy (non-hydrogen) atoms. The van der Waals surface area contributed by atoms with E-state index in [0.717, 1.165) is 25.4 Å². The van der Waals surface area contributed by atoms with Gasteiger partial charge in [0.25, 0.3) is 0 Å². The average molecular weight is 210 g/mol. The number of aryl methyl sites for hydroxylation is 1. The van der Waals surface area contributed by atoms with E-state index in [1.807, 2.05) is 17.7 Å². The Morgan fingerprint density at radius 1 is 1.73 bits per heavy atom. The van der Waals surface area contributed by atoms with Crippen LogP contribution < -0.4 is 0 Å². The van der Waals surface area contributed by atoms with E-state index in [1.165, 1.54) is 0 Å². The van der Waals surface area contributed by atoms with Gasteiger partial charge in [-0.2, -0.15) is 0 Å². The van der Waals surface area contributed by atoms with Crippen LogP contribution in [0.25, 0.3) is 0 Å². The number of aliphatic hydroxyl groups excluding tert-OH is 1. The summed E-state index contributed by atoms with van der Waals surface area (Å²) in [6.07, 6.45) is 3.93. The van der Waals surface area contributed by atoms with Gasteiger partial charge in [-0.3, -0.25) is 0 Å². The molecule has 1 fully saturated rings. The molecule has 1 N–H and O–H groups in total. The minimum Gasteiger partial charge on any atom is -0.382 e. The highest BCUT2D eigenvalue weighted by atomic mass is 16.5. The van der Waals surface area contributed by atoms with E-state index in [2.05, 4.69) is 11.9 Å². The molecule has 0 spiro atoms. The Balaban J connectivity index is 2.16. The first-order valence-electron chi connectivity index (χ1n) is 5.54. The van der Waals surface area contributed by atoms with Gasteiger partial charge in [0.2, 0.25) is 0 Å². The third-order valence-electron chi connectivity index (χ3n) is 3.11. The van der Waals surface area contributed by atoms with Crippen LogP contribution in [-0.4, -0.2) is 27.4 Å². The minimum absolute atomic E-state index is 0.0994. The molecule has 0 radical (unpaired) electrons. The van der Waals surface area contributed by atoms with E-state index in [-0.39, 0.29) is 6.10 Å². The summed E-state index contributed by atoms with van der Waals surface area (Å²) < 4.78 is 7.50. The van der Waals surface area contributed by atoms with Crippen LogP contribution in [-0.2, 0) is 11.3 Å². The van der Waals surface area contributed by atoms with E-state index < -0.39 is 6.10 Å². The predicted octanol–water partition coefficient (Wildman–Crippen LogP) is 1.36. The molecule has 3 atom stereocenters. The molecule has 2 rings (SSSR count). The molecule has 1 aliphatic rings. The Morgan fingerprint density at radius 2 is 2.53 bits per heavy atom. The van der Waals surface area contributed by atoms with Crippen LogP contribution in [0.5, 0.6) is 0 Å². The quantitative estimate of drug-likeness (QED) is 0.819. The van der Waals surface area contributed by atoms with E-state index in [0.29, 0.717) is 5.92 Å². The largest absolute Gasteiger partial charge is 0.382 e. The van der Waals surface area contributed by atoms with E-state index in [9.17, 15) is 5.11 Å². The summed E-state index contributed by atoms with van der Waals surface area (Å²) in [6.45, 7) is 5.72. The molecule has 0 bridgehead atoms. The molecule has 2 heterocycles. The van der Waals surface area contributed by atoms with Gasteiger partial charge in [0.05, 0.1) is 6.10 Å². The monoisotopic (exact) mass is 210 g/mol. The fourth-order valence-corrected chi connectivity index (χ4v) is 2.12. The Hall–Kier alpha value is -0.870. The average Bonchev–Trinajstić information content (AvgIpc) is 2.84. The van der Waals surface area contributed by atoms with Gasteiger partial charge < -0.3 is 14.4 Å². The Labute approximate surface area is 89.9 Å². The zero-order chi connectivity index (χ0) is 10.8. The predicted molar refractivity (Wildman–Crippen MR) is 56.4 cm³/mol. The lowest BCUT2D eigenvalue weighted by atomic mass is 9.99. The van der Waals surface area contributed by atoms with E-state index in [4.69, 9.17) is 4.74 Å². The van der Waals surface area contributed by atoms with Gasteiger partial charge >= 0.3 is 0 Å². The van der Waals surface area contributed by atoms with Crippen molar-refractivity contribution in [3.63, 3.8) is 0 Å². The zero-order valence-electron chi connectivity index (χ0n) is 9.26. The molecule has 4 heteroatoms. The van der Waals surface area contributed by atoms with Gasteiger partial charge in [-0.25, -0.2) is 4.98 Å². The molecule has 84 valence electrons. The third kappa shape index (κ3) is 1.92. The summed E-state index contributed by atoms with van der Waals surface area (Å²) in [5.41, 5.74) is 0. The van der Waals surface area contributed by atoms with Crippen molar-refractivity contribution in [2.24, 2.45) is 5.92 Å². The van der Waals surface area contributed by atoms with Crippen LogP contribution in [0.15, 0.2) is 12.4 Å². The zero-order valence-corrected chi connectivity index (χ0v) is 9.26. The number of aromatic nitrogens is 2. The van der Waals surface area contributed by atoms with Crippen LogP contribution in [0.3, 0.4) is 0 Å². The maximum atomic E-state index is 10.2. The molecule has 0 amide bonds. The number of ether oxygens (including phenoxy) is 1. The molecule has 1 aliphatic heterocycles. The smallest absolute Gasteiger partial charge is 0.140 e. The lowest BCUT2D eigenvalue weighted by Gasteiger charge is -2.21. The molecule has 3 unspecified atom stereocenters. The first kappa shape index (κ1) is 10.6. The highest BCUT2D eigenvalue weighted by Crippen LogP contribution is 2.30. The highest BCUT2D eigenvalue weighted by Gasteiger charge is 2.33. The molecule has 1 aromatic heterocycles. The van der Waals surface area contributed by atoms with Crippen molar-refractivity contribution in [1.29, 1.82) is 0 Å². The second kappa shape index (κ2) is 4.33. The Bertz CT molecular complexity index is 324. The number of hydrogen-bond donors (Lipinski definition) is 1. The number of hydrogen-bond acceptors (Lipinski definition) is 3. The lowest BCUT2D eigenvalue weighted by molar-refractivity contribution is -0.0235. The third-order valence-corrected chi connectivity index (χ3v) is 3.11. The normalized spacial score (nSPS) is 28.2. The summed E-state index contributed by atoms with van der Waals surface area (Å²) in [4.78, 5) is 4.20. The minimum atomic E-state index is -0.600. The molecule has 1 saturated heterocycles. The second-order valence-electron chi connectivity index (χ2n) is 4.12. The van der Waals surface area contributed by atoms with Crippen molar-refractivity contribution in [1.82, 2.24) is 9.55 Å². The molecule has 1 aromatic rings. The van der Waals surface area contributed by atoms with Crippen LogP contribution >= 0.6 is 0 Å². The summed E-state index contributed by atoms with van der Waals surface area (Å²) in [5, 5.41) is 10.2. The molecule has 4 nitrogen and oxygen atoms in total. The van der Waals surface area contributed by atoms with E-state index >= 15 is 0 Å². The number of imidazole rings is 1. The van der Waals surface area contributed by atoms with Gasteiger partial charge in [0.15, 0.2) is 0 Å².